The maximum Gasteiger partial charge on any atom is 0.319 e. The van der Waals surface area contributed by atoms with E-state index in [4.69, 9.17) is 4.74 Å². The number of anilines is 1. The molecule has 0 saturated carbocycles. The third-order valence-corrected chi connectivity index (χ3v) is 5.16. The average molecular weight is 362 g/mol. The van der Waals surface area contributed by atoms with Crippen LogP contribution in [0.15, 0.2) is 54.6 Å². The lowest BCUT2D eigenvalue weighted by Gasteiger charge is -2.09. The SMILES string of the molecule is COc1cccc(NC(=O)NCCCS(=O)(=O)Cc2ccccc2)c1. The predicted molar refractivity (Wildman–Crippen MR) is 98.6 cm³/mol. The summed E-state index contributed by atoms with van der Waals surface area (Å²) in [6.07, 6.45) is 0.362. The molecule has 2 amide bonds. The lowest BCUT2D eigenvalue weighted by molar-refractivity contribution is 0.252. The molecule has 2 rings (SSSR count). The second-order valence-corrected chi connectivity index (χ2v) is 7.73. The fraction of sp³-hybridized carbons (Fsp3) is 0.278. The maximum absolute atomic E-state index is 12.1. The van der Waals surface area contributed by atoms with E-state index in [0.717, 1.165) is 5.56 Å². The molecule has 2 aromatic carbocycles. The molecule has 0 atom stereocenters. The van der Waals surface area contributed by atoms with E-state index >= 15 is 0 Å². The van der Waals surface area contributed by atoms with Gasteiger partial charge >= 0.3 is 6.03 Å². The number of amides is 2. The van der Waals surface area contributed by atoms with Gasteiger partial charge in [0.1, 0.15) is 5.75 Å². The zero-order valence-corrected chi connectivity index (χ0v) is 14.9. The second kappa shape index (κ2) is 9.08. The van der Waals surface area contributed by atoms with Crippen LogP contribution in [0.4, 0.5) is 10.5 Å². The summed E-state index contributed by atoms with van der Waals surface area (Å²) in [4.78, 5) is 11.8. The first-order valence-electron chi connectivity index (χ1n) is 7.92. The summed E-state index contributed by atoms with van der Waals surface area (Å²) in [7, 11) is -1.64. The number of rotatable bonds is 8. The Kier molecular flexibility index (Phi) is 6.82. The molecule has 0 aromatic heterocycles. The fourth-order valence-corrected chi connectivity index (χ4v) is 3.70. The first-order valence-corrected chi connectivity index (χ1v) is 9.74. The van der Waals surface area contributed by atoms with E-state index in [0.29, 0.717) is 17.9 Å². The number of sulfone groups is 1. The Labute approximate surface area is 148 Å². The number of hydrogen-bond acceptors (Lipinski definition) is 4. The second-order valence-electron chi connectivity index (χ2n) is 5.54. The van der Waals surface area contributed by atoms with Crippen molar-refractivity contribution in [2.24, 2.45) is 0 Å². The third kappa shape index (κ3) is 6.84. The van der Waals surface area contributed by atoms with Gasteiger partial charge in [-0.15, -0.1) is 0 Å². The van der Waals surface area contributed by atoms with Gasteiger partial charge in [-0.25, -0.2) is 13.2 Å². The van der Waals surface area contributed by atoms with Crippen molar-refractivity contribution in [3.63, 3.8) is 0 Å². The van der Waals surface area contributed by atoms with Crippen molar-refractivity contribution < 1.29 is 17.9 Å². The Balaban J connectivity index is 1.72. The first-order chi connectivity index (χ1) is 12.0. The molecule has 0 unspecified atom stereocenters. The molecule has 0 aliphatic heterocycles. The van der Waals surface area contributed by atoms with Gasteiger partial charge in [-0.2, -0.15) is 0 Å². The molecule has 25 heavy (non-hydrogen) atoms. The highest BCUT2D eigenvalue weighted by atomic mass is 32.2. The van der Waals surface area contributed by atoms with Gasteiger partial charge in [0.15, 0.2) is 9.84 Å². The smallest absolute Gasteiger partial charge is 0.319 e. The Hall–Kier alpha value is -2.54. The monoisotopic (exact) mass is 362 g/mol. The van der Waals surface area contributed by atoms with Gasteiger partial charge in [-0.1, -0.05) is 36.4 Å². The van der Waals surface area contributed by atoms with Gasteiger partial charge in [-0.05, 0) is 24.1 Å². The van der Waals surface area contributed by atoms with E-state index in [2.05, 4.69) is 10.6 Å². The van der Waals surface area contributed by atoms with Crippen LogP contribution < -0.4 is 15.4 Å². The number of methoxy groups -OCH3 is 1. The third-order valence-electron chi connectivity index (χ3n) is 3.47. The van der Waals surface area contributed by atoms with Crippen LogP contribution in [0.25, 0.3) is 0 Å². The quantitative estimate of drug-likeness (QED) is 0.707. The van der Waals surface area contributed by atoms with Crippen LogP contribution >= 0.6 is 0 Å². The molecule has 0 bridgehead atoms. The lowest BCUT2D eigenvalue weighted by atomic mass is 10.2. The Morgan fingerprint density at radius 3 is 2.56 bits per heavy atom. The molecule has 2 aromatic rings. The number of carbonyl (C=O) groups excluding carboxylic acids is 1. The Morgan fingerprint density at radius 2 is 1.84 bits per heavy atom. The zero-order valence-electron chi connectivity index (χ0n) is 14.1. The van der Waals surface area contributed by atoms with Crippen LogP contribution in [-0.2, 0) is 15.6 Å². The van der Waals surface area contributed by atoms with E-state index in [1.807, 2.05) is 18.2 Å². The van der Waals surface area contributed by atoms with E-state index < -0.39 is 9.84 Å². The molecular formula is C18H22N2O4S. The van der Waals surface area contributed by atoms with E-state index in [1.165, 1.54) is 0 Å². The highest BCUT2D eigenvalue weighted by Gasteiger charge is 2.12. The van der Waals surface area contributed by atoms with Crippen molar-refractivity contribution in [2.75, 3.05) is 24.7 Å². The van der Waals surface area contributed by atoms with Crippen LogP contribution in [0.2, 0.25) is 0 Å². The van der Waals surface area contributed by atoms with Gasteiger partial charge < -0.3 is 15.4 Å². The average Bonchev–Trinajstić information content (AvgIpc) is 2.59. The summed E-state index contributed by atoms with van der Waals surface area (Å²) in [6.45, 7) is 0.282. The number of ether oxygens (including phenoxy) is 1. The summed E-state index contributed by atoms with van der Waals surface area (Å²) in [5, 5.41) is 5.32. The van der Waals surface area contributed by atoms with Gasteiger partial charge in [0.05, 0.1) is 18.6 Å². The van der Waals surface area contributed by atoms with Crippen LogP contribution in [0.5, 0.6) is 5.75 Å². The maximum atomic E-state index is 12.1. The number of urea groups is 1. The highest BCUT2D eigenvalue weighted by Crippen LogP contribution is 2.16. The summed E-state index contributed by atoms with van der Waals surface area (Å²) in [5.41, 5.74) is 1.37. The minimum Gasteiger partial charge on any atom is -0.497 e. The van der Waals surface area contributed by atoms with Crippen molar-refractivity contribution in [3.8, 4) is 5.75 Å². The molecular weight excluding hydrogens is 340 g/mol. The Morgan fingerprint density at radius 1 is 1.08 bits per heavy atom. The Bertz CT molecular complexity index is 792. The van der Waals surface area contributed by atoms with Gasteiger partial charge in [0.2, 0.25) is 0 Å². The van der Waals surface area contributed by atoms with Crippen molar-refractivity contribution in [1.29, 1.82) is 0 Å². The topological polar surface area (TPSA) is 84.5 Å². The molecule has 0 aliphatic carbocycles. The van der Waals surface area contributed by atoms with Crippen molar-refractivity contribution in [3.05, 3.63) is 60.2 Å². The number of nitrogens with one attached hydrogen (secondary N) is 2. The van der Waals surface area contributed by atoms with Gasteiger partial charge in [-0.3, -0.25) is 0 Å². The molecule has 0 aliphatic rings. The summed E-state index contributed by atoms with van der Waals surface area (Å²) >= 11 is 0. The summed E-state index contributed by atoms with van der Waals surface area (Å²) in [6, 6.07) is 15.7. The minimum atomic E-state index is -3.19. The predicted octanol–water partition coefficient (Wildman–Crippen LogP) is 2.82. The molecule has 0 fully saturated rings. The van der Waals surface area contributed by atoms with Crippen LogP contribution in [0.3, 0.4) is 0 Å². The standard InChI is InChI=1S/C18H22N2O4S/c1-24-17-10-5-9-16(13-17)20-18(21)19-11-6-12-25(22,23)14-15-7-3-2-4-8-15/h2-5,7-10,13H,6,11-12,14H2,1H3,(H2,19,20,21). The van der Waals surface area contributed by atoms with Crippen molar-refractivity contribution >= 4 is 21.6 Å². The lowest BCUT2D eigenvalue weighted by Crippen LogP contribution is -2.30. The van der Waals surface area contributed by atoms with Crippen molar-refractivity contribution in [2.45, 2.75) is 12.2 Å². The molecule has 0 radical (unpaired) electrons. The fourth-order valence-electron chi connectivity index (χ4n) is 2.27. The molecule has 0 saturated heterocycles. The van der Waals surface area contributed by atoms with Gasteiger partial charge in [0.25, 0.3) is 0 Å². The zero-order chi connectivity index (χ0) is 18.1. The number of hydrogen-bond donors (Lipinski definition) is 2. The number of benzene rings is 2. The first kappa shape index (κ1) is 18.8. The molecule has 134 valence electrons. The normalized spacial score (nSPS) is 10.9. The minimum absolute atomic E-state index is 0.0177. The largest absolute Gasteiger partial charge is 0.497 e. The van der Waals surface area contributed by atoms with Crippen molar-refractivity contribution in [1.82, 2.24) is 5.32 Å². The molecule has 0 heterocycles. The molecule has 6 nitrogen and oxygen atoms in total. The van der Waals surface area contributed by atoms with Crippen LogP contribution in [0.1, 0.15) is 12.0 Å². The molecule has 2 N–H and O–H groups in total. The van der Waals surface area contributed by atoms with Gasteiger partial charge in [0, 0.05) is 18.3 Å². The molecule has 0 spiro atoms. The summed E-state index contributed by atoms with van der Waals surface area (Å²) in [5.74, 6) is 0.690. The summed E-state index contributed by atoms with van der Waals surface area (Å²) < 4.78 is 29.2. The molecule has 7 heteroatoms. The van der Waals surface area contributed by atoms with Crippen LogP contribution in [-0.4, -0.2) is 33.9 Å². The van der Waals surface area contributed by atoms with E-state index in [-0.39, 0.29) is 24.1 Å². The number of carbonyl (C=O) groups is 1. The van der Waals surface area contributed by atoms with E-state index in [9.17, 15) is 13.2 Å². The highest BCUT2D eigenvalue weighted by molar-refractivity contribution is 7.90. The van der Waals surface area contributed by atoms with Crippen LogP contribution in [0, 0.1) is 0 Å². The van der Waals surface area contributed by atoms with E-state index in [1.54, 1.807) is 43.5 Å².